The number of nitriles is 1. The molecule has 0 fully saturated rings. The number of carbonyl (C=O) groups excluding carboxylic acids is 3. The van der Waals surface area contributed by atoms with E-state index in [-0.39, 0.29) is 49.4 Å². The van der Waals surface area contributed by atoms with Crippen LogP contribution in [0.5, 0.6) is 5.75 Å². The van der Waals surface area contributed by atoms with E-state index in [2.05, 4.69) is 43.4 Å². The van der Waals surface area contributed by atoms with Gasteiger partial charge >= 0.3 is 11.9 Å². The molecule has 15 nitrogen and oxygen atoms in total. The zero-order valence-corrected chi connectivity index (χ0v) is 30.2. The summed E-state index contributed by atoms with van der Waals surface area (Å²) in [6.45, 7) is 9.23. The number of amides is 3. The summed E-state index contributed by atoms with van der Waals surface area (Å²) in [7, 11) is 1.56. The Morgan fingerprint density at radius 1 is 0.788 bits per heavy atom. The van der Waals surface area contributed by atoms with E-state index in [1.54, 1.807) is 61.8 Å². The number of methoxy groups -OCH3 is 1. The normalized spacial score (nSPS) is 12.8. The Morgan fingerprint density at radius 2 is 1.29 bits per heavy atom. The summed E-state index contributed by atoms with van der Waals surface area (Å²) in [5.74, 6) is 1.74. The van der Waals surface area contributed by atoms with Gasteiger partial charge in [-0.15, -0.1) is 16.8 Å². The predicted molar refractivity (Wildman–Crippen MR) is 195 cm³/mol. The average Bonchev–Trinajstić information content (AvgIpc) is 3.05. The molecule has 0 aliphatic carbocycles. The van der Waals surface area contributed by atoms with Crippen LogP contribution >= 0.6 is 0 Å². The summed E-state index contributed by atoms with van der Waals surface area (Å²) in [6.07, 6.45) is 1.42. The lowest BCUT2D eigenvalue weighted by Gasteiger charge is -2.22. The number of hydrogen-bond donors (Lipinski definition) is 7. The van der Waals surface area contributed by atoms with Crippen molar-refractivity contribution in [1.82, 2.24) is 16.0 Å². The van der Waals surface area contributed by atoms with Gasteiger partial charge in [-0.25, -0.2) is 9.59 Å². The molecule has 0 radical (unpaired) electrons. The van der Waals surface area contributed by atoms with E-state index in [4.69, 9.17) is 10.00 Å². The summed E-state index contributed by atoms with van der Waals surface area (Å²) in [4.78, 5) is 65.7. The first-order valence-corrected chi connectivity index (χ1v) is 16.5. The molecule has 3 unspecified atom stereocenters. The molecule has 3 atom stereocenters. The molecule has 0 saturated heterocycles. The second-order valence-corrected chi connectivity index (χ2v) is 13.5. The van der Waals surface area contributed by atoms with Gasteiger partial charge in [0.15, 0.2) is 0 Å². The molecule has 0 heterocycles. The number of carbonyl (C=O) groups is 5. The number of rotatable bonds is 16. The quantitative estimate of drug-likeness (QED) is 0.0575. The maximum atomic E-state index is 13.2. The number of nitrogens with zero attached hydrogens (tertiary/aromatic N) is 2. The van der Waals surface area contributed by atoms with Gasteiger partial charge in [0.05, 0.1) is 13.5 Å². The van der Waals surface area contributed by atoms with Crippen LogP contribution in [-0.4, -0.2) is 71.1 Å². The number of benzene rings is 2. The standard InChI is InChI=1S/C37H47N7O8/c1-23(2)19-30(33(47)44-29(35(50)51)10-8-7-9-28(34(48)49)42-32(46)21-37(3,4)5)43-31(45)20-24-11-13-25(14-12-24)40-36(39-22-38)41-26-15-17-27(52-6)18-16-26/h11-18,23,28-30H,9-10,19-21H2,1-6H3,(H,42,46)(H,43,45)(H,44,47)(H,48,49)(H,50,51)(H2,39,40,41). The number of carboxylic acid groups (broad SMARTS) is 2. The molecule has 3 amide bonds. The maximum Gasteiger partial charge on any atom is 0.327 e. The summed E-state index contributed by atoms with van der Waals surface area (Å²) in [5.41, 5.74) is 1.53. The predicted octanol–water partition coefficient (Wildman–Crippen LogP) is 3.49. The van der Waals surface area contributed by atoms with Gasteiger partial charge < -0.3 is 41.5 Å². The third-order valence-electron chi connectivity index (χ3n) is 7.13. The van der Waals surface area contributed by atoms with Gasteiger partial charge in [-0.05, 0) is 59.7 Å². The van der Waals surface area contributed by atoms with Crippen LogP contribution in [0.15, 0.2) is 53.5 Å². The SMILES string of the molecule is COc1ccc(NC(=NC#N)Nc2ccc(CC(=O)NC(CC(C)C)C(=O)NC(CC#CCC(NC(=O)CC(C)(C)C)C(=O)O)C(=O)O)cc2)cc1. The fourth-order valence-corrected chi connectivity index (χ4v) is 4.67. The highest BCUT2D eigenvalue weighted by Crippen LogP contribution is 2.18. The smallest absolute Gasteiger partial charge is 0.327 e. The third-order valence-corrected chi connectivity index (χ3v) is 7.13. The minimum absolute atomic E-state index is 0.0262. The van der Waals surface area contributed by atoms with Crippen molar-refractivity contribution in [2.75, 3.05) is 17.7 Å². The van der Waals surface area contributed by atoms with Crippen molar-refractivity contribution < 1.29 is 38.9 Å². The van der Waals surface area contributed by atoms with Crippen LogP contribution in [0.25, 0.3) is 0 Å². The fraction of sp³-hybridized carbons (Fsp3) is 0.432. The van der Waals surface area contributed by atoms with E-state index in [0.29, 0.717) is 22.7 Å². The van der Waals surface area contributed by atoms with Crippen LogP contribution in [0.3, 0.4) is 0 Å². The van der Waals surface area contributed by atoms with E-state index in [9.17, 15) is 34.2 Å². The van der Waals surface area contributed by atoms with Crippen molar-refractivity contribution in [1.29, 1.82) is 5.26 Å². The van der Waals surface area contributed by atoms with Crippen molar-refractivity contribution in [3.63, 3.8) is 0 Å². The number of nitrogens with one attached hydrogen (secondary N) is 5. The topological polar surface area (TPSA) is 231 Å². The Hall–Kier alpha value is -6.09. The van der Waals surface area contributed by atoms with Gasteiger partial charge in [0.25, 0.3) is 0 Å². The Morgan fingerprint density at radius 3 is 1.75 bits per heavy atom. The van der Waals surface area contributed by atoms with E-state index in [1.165, 1.54) is 0 Å². The van der Waals surface area contributed by atoms with Crippen LogP contribution in [0.4, 0.5) is 11.4 Å². The number of guanidine groups is 1. The molecule has 52 heavy (non-hydrogen) atoms. The zero-order valence-electron chi connectivity index (χ0n) is 30.2. The van der Waals surface area contributed by atoms with Crippen molar-refractivity contribution in [2.45, 2.75) is 84.8 Å². The first-order chi connectivity index (χ1) is 24.5. The Balaban J connectivity index is 2.01. The van der Waals surface area contributed by atoms with Gasteiger partial charge in [-0.2, -0.15) is 5.26 Å². The van der Waals surface area contributed by atoms with Crippen molar-refractivity contribution in [3.8, 4) is 23.8 Å². The highest BCUT2D eigenvalue weighted by Gasteiger charge is 2.27. The average molecular weight is 718 g/mol. The fourth-order valence-electron chi connectivity index (χ4n) is 4.67. The number of aliphatic carboxylic acids is 2. The number of hydrogen-bond acceptors (Lipinski definition) is 8. The maximum absolute atomic E-state index is 13.2. The first-order valence-electron chi connectivity index (χ1n) is 16.5. The van der Waals surface area contributed by atoms with Gasteiger partial charge in [-0.3, -0.25) is 14.4 Å². The molecule has 0 saturated carbocycles. The third kappa shape index (κ3) is 16.1. The molecule has 0 aliphatic rings. The van der Waals surface area contributed by atoms with Crippen molar-refractivity contribution in [3.05, 3.63) is 54.1 Å². The van der Waals surface area contributed by atoms with E-state index in [0.717, 1.165) is 0 Å². The molecule has 2 rings (SSSR count). The van der Waals surface area contributed by atoms with E-state index < -0.39 is 47.8 Å². The molecule has 2 aromatic rings. The van der Waals surface area contributed by atoms with Gasteiger partial charge in [-0.1, -0.05) is 46.8 Å². The molecule has 0 aromatic heterocycles. The monoisotopic (exact) mass is 717 g/mol. The summed E-state index contributed by atoms with van der Waals surface area (Å²) in [6, 6.07) is 10.1. The first kappa shape index (κ1) is 42.1. The van der Waals surface area contributed by atoms with Crippen LogP contribution < -0.4 is 31.3 Å². The van der Waals surface area contributed by atoms with Gasteiger partial charge in [0.1, 0.15) is 23.9 Å². The van der Waals surface area contributed by atoms with Gasteiger partial charge in [0, 0.05) is 30.6 Å². The molecule has 0 bridgehead atoms. The van der Waals surface area contributed by atoms with Crippen molar-refractivity contribution in [2.24, 2.45) is 16.3 Å². The second kappa shape index (κ2) is 20.6. The van der Waals surface area contributed by atoms with Gasteiger partial charge in [0.2, 0.25) is 29.9 Å². The number of carboxylic acids is 2. The minimum atomic E-state index is -1.43. The second-order valence-electron chi connectivity index (χ2n) is 13.5. The molecule has 7 N–H and O–H groups in total. The van der Waals surface area contributed by atoms with Crippen LogP contribution in [-0.2, 0) is 30.4 Å². The lowest BCUT2D eigenvalue weighted by molar-refractivity contribution is -0.142. The Kier molecular flexibility index (Phi) is 16.6. The van der Waals surface area contributed by atoms with Crippen LogP contribution in [0.1, 0.15) is 65.9 Å². The number of anilines is 2. The highest BCUT2D eigenvalue weighted by atomic mass is 16.5. The lowest BCUT2D eigenvalue weighted by atomic mass is 9.92. The summed E-state index contributed by atoms with van der Waals surface area (Å²) in [5, 5.41) is 41.9. The minimum Gasteiger partial charge on any atom is -0.497 e. The lowest BCUT2D eigenvalue weighted by Crippen LogP contribution is -2.52. The number of ether oxygens (including phenoxy) is 1. The molecule has 0 aliphatic heterocycles. The number of aliphatic imine (C=N–C) groups is 1. The molecule has 278 valence electrons. The van der Waals surface area contributed by atoms with E-state index >= 15 is 0 Å². The summed E-state index contributed by atoms with van der Waals surface area (Å²) < 4.78 is 5.15. The molecule has 2 aromatic carbocycles. The largest absolute Gasteiger partial charge is 0.497 e. The van der Waals surface area contributed by atoms with E-state index in [1.807, 2.05) is 34.6 Å². The zero-order chi connectivity index (χ0) is 38.8. The molecule has 0 spiro atoms. The summed E-state index contributed by atoms with van der Waals surface area (Å²) >= 11 is 0. The van der Waals surface area contributed by atoms with Crippen molar-refractivity contribution >= 4 is 47.0 Å². The molecule has 15 heteroatoms. The molecular weight excluding hydrogens is 670 g/mol. The van der Waals surface area contributed by atoms with Crippen LogP contribution in [0, 0.1) is 34.6 Å². The Labute approximate surface area is 303 Å². The molecular formula is C37H47N7O8. The van der Waals surface area contributed by atoms with Crippen LogP contribution in [0.2, 0.25) is 0 Å². The highest BCUT2D eigenvalue weighted by molar-refractivity contribution is 6.04. The Bertz CT molecular complexity index is 1680.